The second-order valence-electron chi connectivity index (χ2n) is 7.47. The van der Waals surface area contributed by atoms with Crippen molar-refractivity contribution in [2.24, 2.45) is 0 Å². The number of nitrogens with one attached hydrogen (secondary N) is 2. The summed E-state index contributed by atoms with van der Waals surface area (Å²) < 4.78 is 0. The maximum Gasteiger partial charge on any atom is 0.251 e. The summed E-state index contributed by atoms with van der Waals surface area (Å²) in [6, 6.07) is 11.3. The zero-order valence-corrected chi connectivity index (χ0v) is 17.1. The van der Waals surface area contributed by atoms with Crippen molar-refractivity contribution in [1.82, 2.24) is 25.2 Å². The number of benzene rings is 1. The van der Waals surface area contributed by atoms with Gasteiger partial charge in [0.1, 0.15) is 0 Å². The minimum absolute atomic E-state index is 0.0673. The second kappa shape index (κ2) is 9.45. The smallest absolute Gasteiger partial charge is 0.251 e. The average Bonchev–Trinajstić information content (AvgIpc) is 3.29. The fraction of sp³-hybridized carbons (Fsp3) is 0.304. The van der Waals surface area contributed by atoms with Gasteiger partial charge in [0, 0.05) is 48.5 Å². The van der Waals surface area contributed by atoms with Crippen molar-refractivity contribution in [3.8, 4) is 11.3 Å². The van der Waals surface area contributed by atoms with Gasteiger partial charge >= 0.3 is 0 Å². The lowest BCUT2D eigenvalue weighted by Gasteiger charge is -2.15. The van der Waals surface area contributed by atoms with Crippen LogP contribution in [0.1, 0.15) is 28.8 Å². The molecule has 1 aliphatic heterocycles. The molecule has 1 amide bonds. The number of nitrogens with zero attached hydrogens (tertiary/aromatic N) is 4. The van der Waals surface area contributed by atoms with Gasteiger partial charge in [0.2, 0.25) is 5.95 Å². The van der Waals surface area contributed by atoms with Crippen molar-refractivity contribution in [3.63, 3.8) is 0 Å². The van der Waals surface area contributed by atoms with Crippen LogP contribution in [0.25, 0.3) is 11.3 Å². The Labute approximate surface area is 176 Å². The van der Waals surface area contributed by atoms with E-state index in [2.05, 4.69) is 30.5 Å². The fourth-order valence-corrected chi connectivity index (χ4v) is 3.55. The molecule has 30 heavy (non-hydrogen) atoms. The largest absolute Gasteiger partial charge is 0.351 e. The number of amides is 1. The molecule has 4 rings (SSSR count). The molecule has 0 saturated carbocycles. The lowest BCUT2D eigenvalue weighted by molar-refractivity contribution is 0.0950. The van der Waals surface area contributed by atoms with E-state index in [0.717, 1.165) is 42.1 Å². The van der Waals surface area contributed by atoms with Gasteiger partial charge in [0.15, 0.2) is 0 Å². The van der Waals surface area contributed by atoms with Crippen molar-refractivity contribution in [1.29, 1.82) is 0 Å². The first-order valence-corrected chi connectivity index (χ1v) is 10.3. The lowest BCUT2D eigenvalue weighted by atomic mass is 10.1. The Kier molecular flexibility index (Phi) is 6.29. The highest BCUT2D eigenvalue weighted by Crippen LogP contribution is 2.22. The van der Waals surface area contributed by atoms with Crippen molar-refractivity contribution in [2.45, 2.75) is 19.8 Å². The molecule has 0 atom stereocenters. The molecular formula is C23H26N6O. The number of aromatic nitrogens is 3. The van der Waals surface area contributed by atoms with Crippen LogP contribution in [0.15, 0.2) is 55.0 Å². The molecule has 3 aromatic rings. The van der Waals surface area contributed by atoms with Crippen LogP contribution in [0, 0.1) is 6.92 Å². The van der Waals surface area contributed by atoms with Gasteiger partial charge in [0.05, 0.1) is 5.69 Å². The molecule has 2 N–H and O–H groups in total. The first-order chi connectivity index (χ1) is 14.7. The molecule has 0 radical (unpaired) electrons. The van der Waals surface area contributed by atoms with E-state index >= 15 is 0 Å². The van der Waals surface area contributed by atoms with Crippen LogP contribution in [0.2, 0.25) is 0 Å². The number of hydrogen-bond acceptors (Lipinski definition) is 6. The topological polar surface area (TPSA) is 83.0 Å². The highest BCUT2D eigenvalue weighted by molar-refractivity contribution is 5.95. The van der Waals surface area contributed by atoms with E-state index in [-0.39, 0.29) is 5.91 Å². The lowest BCUT2D eigenvalue weighted by Crippen LogP contribution is -2.33. The summed E-state index contributed by atoms with van der Waals surface area (Å²) in [4.78, 5) is 28.0. The monoisotopic (exact) mass is 402 g/mol. The molecule has 3 heterocycles. The van der Waals surface area contributed by atoms with Crippen LogP contribution in [-0.4, -0.2) is 51.9 Å². The van der Waals surface area contributed by atoms with E-state index in [1.807, 2.05) is 43.3 Å². The highest BCUT2D eigenvalue weighted by atomic mass is 16.1. The zero-order valence-electron chi connectivity index (χ0n) is 17.1. The molecule has 0 aliphatic carbocycles. The number of anilines is 2. The van der Waals surface area contributed by atoms with Crippen LogP contribution in [0.5, 0.6) is 0 Å². The quantitative estimate of drug-likeness (QED) is 0.630. The summed E-state index contributed by atoms with van der Waals surface area (Å²) in [5.74, 6) is 0.410. The van der Waals surface area contributed by atoms with Gasteiger partial charge in [-0.2, -0.15) is 0 Å². The van der Waals surface area contributed by atoms with Crippen molar-refractivity contribution in [3.05, 3.63) is 66.1 Å². The Balaban J connectivity index is 1.44. The van der Waals surface area contributed by atoms with Gasteiger partial charge in [-0.1, -0.05) is 6.07 Å². The summed E-state index contributed by atoms with van der Waals surface area (Å²) >= 11 is 0. The minimum atomic E-state index is -0.0673. The third kappa shape index (κ3) is 4.99. The predicted octanol–water partition coefficient (Wildman–Crippen LogP) is 3.42. The molecular weight excluding hydrogens is 376 g/mol. The van der Waals surface area contributed by atoms with Crippen LogP contribution in [-0.2, 0) is 0 Å². The predicted molar refractivity (Wildman–Crippen MR) is 118 cm³/mol. The summed E-state index contributed by atoms with van der Waals surface area (Å²) in [7, 11) is 0. The molecule has 7 nitrogen and oxygen atoms in total. The molecule has 1 saturated heterocycles. The van der Waals surface area contributed by atoms with E-state index in [1.54, 1.807) is 18.6 Å². The molecule has 1 aromatic carbocycles. The number of rotatable bonds is 7. The van der Waals surface area contributed by atoms with Crippen molar-refractivity contribution >= 4 is 17.5 Å². The third-order valence-electron chi connectivity index (χ3n) is 5.27. The Hall–Kier alpha value is -3.32. The molecule has 0 bridgehead atoms. The van der Waals surface area contributed by atoms with Crippen molar-refractivity contribution in [2.75, 3.05) is 31.5 Å². The standard InChI is InChI=1S/C23H26N6O/c1-17-6-7-18(22(30)25-11-14-29-12-2-3-13-29)15-21(17)28-23-26-10-8-20(27-23)19-5-4-9-24-16-19/h4-10,15-16H,2-3,11-14H2,1H3,(H,25,30)(H,26,27,28). The molecule has 0 spiro atoms. The van der Waals surface area contributed by atoms with E-state index in [1.165, 1.54) is 12.8 Å². The Morgan fingerprint density at radius 3 is 2.80 bits per heavy atom. The minimum Gasteiger partial charge on any atom is -0.351 e. The van der Waals surface area contributed by atoms with Gasteiger partial charge in [0.25, 0.3) is 5.91 Å². The third-order valence-corrected chi connectivity index (χ3v) is 5.27. The summed E-state index contributed by atoms with van der Waals surface area (Å²) in [5.41, 5.74) is 4.15. The fourth-order valence-electron chi connectivity index (χ4n) is 3.55. The van der Waals surface area contributed by atoms with E-state index in [4.69, 9.17) is 0 Å². The molecule has 1 fully saturated rings. The van der Waals surface area contributed by atoms with Crippen molar-refractivity contribution < 1.29 is 4.79 Å². The number of likely N-dealkylation sites (tertiary alicyclic amines) is 1. The molecule has 0 unspecified atom stereocenters. The van der Waals surface area contributed by atoms with Gasteiger partial charge < -0.3 is 15.5 Å². The highest BCUT2D eigenvalue weighted by Gasteiger charge is 2.13. The van der Waals surface area contributed by atoms with Crippen LogP contribution in [0.3, 0.4) is 0 Å². The van der Waals surface area contributed by atoms with E-state index < -0.39 is 0 Å². The Morgan fingerprint density at radius 1 is 1.13 bits per heavy atom. The Morgan fingerprint density at radius 2 is 2.00 bits per heavy atom. The number of carbonyl (C=O) groups is 1. The van der Waals surface area contributed by atoms with Gasteiger partial charge in [-0.05, 0) is 68.8 Å². The van der Waals surface area contributed by atoms with Gasteiger partial charge in [-0.15, -0.1) is 0 Å². The Bertz CT molecular complexity index is 1000. The number of aryl methyl sites for hydroxylation is 1. The zero-order chi connectivity index (χ0) is 20.8. The molecule has 154 valence electrons. The first-order valence-electron chi connectivity index (χ1n) is 10.3. The molecule has 7 heteroatoms. The van der Waals surface area contributed by atoms with Crippen LogP contribution >= 0.6 is 0 Å². The summed E-state index contributed by atoms with van der Waals surface area (Å²) in [6.07, 6.45) is 7.72. The van der Waals surface area contributed by atoms with Gasteiger partial charge in [-0.3, -0.25) is 9.78 Å². The van der Waals surface area contributed by atoms with Crippen LogP contribution in [0.4, 0.5) is 11.6 Å². The maximum absolute atomic E-state index is 12.6. The summed E-state index contributed by atoms with van der Waals surface area (Å²) in [5, 5.41) is 6.27. The summed E-state index contributed by atoms with van der Waals surface area (Å²) in [6.45, 7) is 5.81. The SMILES string of the molecule is Cc1ccc(C(=O)NCCN2CCCC2)cc1Nc1nccc(-c2cccnc2)n1. The second-order valence-corrected chi connectivity index (χ2v) is 7.47. The maximum atomic E-state index is 12.6. The number of carbonyl (C=O) groups excluding carboxylic acids is 1. The number of hydrogen-bond donors (Lipinski definition) is 2. The first kappa shape index (κ1) is 20.0. The average molecular weight is 403 g/mol. The van der Waals surface area contributed by atoms with Crippen LogP contribution < -0.4 is 10.6 Å². The normalized spacial score (nSPS) is 13.9. The van der Waals surface area contributed by atoms with Gasteiger partial charge in [-0.25, -0.2) is 9.97 Å². The van der Waals surface area contributed by atoms with E-state index in [9.17, 15) is 4.79 Å². The number of pyridine rings is 1. The molecule has 1 aliphatic rings. The van der Waals surface area contributed by atoms with E-state index in [0.29, 0.717) is 18.1 Å². The molecule has 2 aromatic heterocycles.